The minimum atomic E-state index is -0.842. The van der Waals surface area contributed by atoms with Gasteiger partial charge in [-0.2, -0.15) is 0 Å². The van der Waals surface area contributed by atoms with Gasteiger partial charge in [0.2, 0.25) is 11.8 Å². The van der Waals surface area contributed by atoms with E-state index in [-0.39, 0.29) is 29.0 Å². The number of ether oxygens (including phenoxy) is 1. The molecule has 51 heavy (non-hydrogen) atoms. The molecule has 3 amide bonds. The van der Waals surface area contributed by atoms with E-state index in [4.69, 9.17) is 16.3 Å². The highest BCUT2D eigenvalue weighted by Crippen LogP contribution is 2.61. The number of para-hydroxylation sites is 1. The zero-order valence-electron chi connectivity index (χ0n) is 29.4. The van der Waals surface area contributed by atoms with Crippen LogP contribution in [0.15, 0.2) is 48.5 Å². The van der Waals surface area contributed by atoms with Gasteiger partial charge >= 0.3 is 5.97 Å². The van der Waals surface area contributed by atoms with Crippen LogP contribution < -0.4 is 5.32 Å². The van der Waals surface area contributed by atoms with Gasteiger partial charge in [-0.3, -0.25) is 19.3 Å². The lowest BCUT2D eigenvalue weighted by Crippen LogP contribution is -2.52. The first kappa shape index (κ1) is 34.2. The molecule has 2 aromatic carbocycles. The molecule has 4 saturated carbocycles. The van der Waals surface area contributed by atoms with Gasteiger partial charge < -0.3 is 24.8 Å². The third-order valence-corrected chi connectivity index (χ3v) is 12.8. The molecule has 10 nitrogen and oxygen atoms in total. The number of benzene rings is 2. The van der Waals surface area contributed by atoms with Crippen LogP contribution in [0.1, 0.15) is 78.2 Å². The molecule has 11 heteroatoms. The molecule has 3 heterocycles. The first-order valence-corrected chi connectivity index (χ1v) is 19.2. The predicted molar refractivity (Wildman–Crippen MR) is 194 cm³/mol. The van der Waals surface area contributed by atoms with Crippen molar-refractivity contribution in [3.05, 3.63) is 70.9 Å². The maximum Gasteiger partial charge on any atom is 0.328 e. The fourth-order valence-electron chi connectivity index (χ4n) is 10.8. The number of carbonyl (C=O) groups excluding carboxylic acids is 4. The second-order valence-electron chi connectivity index (χ2n) is 15.8. The van der Waals surface area contributed by atoms with Gasteiger partial charge in [0.25, 0.3) is 5.91 Å². The smallest absolute Gasteiger partial charge is 0.328 e. The topological polar surface area (TPSA) is 115 Å². The van der Waals surface area contributed by atoms with Gasteiger partial charge in [0, 0.05) is 74.3 Å². The van der Waals surface area contributed by atoms with Crippen LogP contribution in [0.3, 0.4) is 0 Å². The van der Waals surface area contributed by atoms with Gasteiger partial charge in [0.05, 0.1) is 13.2 Å². The molecule has 2 atom stereocenters. The third kappa shape index (κ3) is 6.54. The molecule has 6 aliphatic rings. The number of hydrogen-bond acceptors (Lipinski definition) is 6. The van der Waals surface area contributed by atoms with E-state index in [9.17, 15) is 19.2 Å². The van der Waals surface area contributed by atoms with E-state index in [1.807, 2.05) is 41.3 Å². The van der Waals surface area contributed by atoms with Gasteiger partial charge in [-0.1, -0.05) is 30.3 Å². The quantitative estimate of drug-likeness (QED) is 0.241. The van der Waals surface area contributed by atoms with E-state index in [0.717, 1.165) is 65.1 Å². The lowest BCUT2D eigenvalue weighted by Gasteiger charge is -2.56. The molecular formula is C40H48ClN5O5. The van der Waals surface area contributed by atoms with Crippen LogP contribution in [0.5, 0.6) is 0 Å². The molecule has 1 saturated heterocycles. The van der Waals surface area contributed by atoms with Crippen LogP contribution in [-0.4, -0.2) is 102 Å². The Kier molecular flexibility index (Phi) is 9.34. The van der Waals surface area contributed by atoms with Crippen molar-refractivity contribution in [1.82, 2.24) is 25.0 Å². The highest BCUT2D eigenvalue weighted by atomic mass is 35.5. The second kappa shape index (κ2) is 13.9. The number of nitrogens with one attached hydrogen (secondary N) is 2. The number of piperazine rings is 1. The first-order valence-electron chi connectivity index (χ1n) is 18.7. The molecular weight excluding hydrogens is 666 g/mol. The fourth-order valence-corrected chi connectivity index (χ4v) is 10.9. The summed E-state index contributed by atoms with van der Waals surface area (Å²) in [4.78, 5) is 62.2. The van der Waals surface area contributed by atoms with Gasteiger partial charge in [-0.25, -0.2) is 4.79 Å². The van der Waals surface area contributed by atoms with Gasteiger partial charge in [0.1, 0.15) is 11.9 Å². The Bertz CT molecular complexity index is 1780. The number of hydrogen-bond donors (Lipinski definition) is 2. The summed E-state index contributed by atoms with van der Waals surface area (Å²) in [5.74, 6) is 1.57. The van der Waals surface area contributed by atoms with E-state index < -0.39 is 18.1 Å². The average Bonchev–Trinajstić information content (AvgIpc) is 3.51. The van der Waals surface area contributed by atoms with Gasteiger partial charge in [0.15, 0.2) is 0 Å². The van der Waals surface area contributed by atoms with Gasteiger partial charge in [-0.15, -0.1) is 11.6 Å². The zero-order chi connectivity index (χ0) is 35.3. The number of methoxy groups -OCH3 is 1. The zero-order valence-corrected chi connectivity index (χ0v) is 30.1. The number of halogens is 1. The number of alkyl halides is 1. The average molecular weight is 714 g/mol. The number of nitrogens with zero attached hydrogens (tertiary/aromatic N) is 3. The fraction of sp³-hybridized carbons (Fsp3) is 0.550. The van der Waals surface area contributed by atoms with E-state index >= 15 is 0 Å². The maximum absolute atomic E-state index is 13.6. The highest BCUT2D eigenvalue weighted by Gasteiger charge is 2.51. The van der Waals surface area contributed by atoms with E-state index in [2.05, 4.69) is 15.2 Å². The van der Waals surface area contributed by atoms with Crippen molar-refractivity contribution in [2.45, 2.75) is 63.5 Å². The Labute approximate surface area is 304 Å². The SMILES string of the molecule is COC(=O)[C@H]1Cc2c([nH]c3ccccc23)[C@H](c2ccc(C(=O)N3CCN(CCNC(=O)CC45CC6CC(CC(C6)C4)C5)CC3)cc2)N1C(=O)CCl. The van der Waals surface area contributed by atoms with Crippen LogP contribution in [0.2, 0.25) is 0 Å². The Hall–Kier alpha value is -3.89. The van der Waals surface area contributed by atoms with Crippen molar-refractivity contribution in [3.63, 3.8) is 0 Å². The summed E-state index contributed by atoms with van der Waals surface area (Å²) in [7, 11) is 1.33. The summed E-state index contributed by atoms with van der Waals surface area (Å²) in [6.07, 6.45) is 8.92. The van der Waals surface area contributed by atoms with Crippen molar-refractivity contribution >= 4 is 46.2 Å². The normalized spacial score (nSPS) is 28.5. The Morgan fingerprint density at radius 1 is 0.922 bits per heavy atom. The lowest BCUT2D eigenvalue weighted by atomic mass is 9.49. The summed E-state index contributed by atoms with van der Waals surface area (Å²) in [6.45, 7) is 4.16. The Morgan fingerprint density at radius 3 is 2.24 bits per heavy atom. The standard InChI is InChI=1S/C40H48ClN5O5/c1-51-39(50)33-19-31-30-4-2-3-5-32(30)43-36(31)37(46(33)35(48)24-41)28-6-8-29(9-7-28)38(49)45-14-12-44(13-15-45)11-10-42-34(47)23-40-20-25-16-26(21-40)18-27(17-25)22-40/h2-9,25-27,33,37,43H,10-24H2,1H3,(H,42,47)/t25?,26?,27?,33-,37+,40?/m1/s1. The molecule has 2 aliphatic heterocycles. The first-order chi connectivity index (χ1) is 24.7. The van der Waals surface area contributed by atoms with E-state index in [1.165, 1.54) is 50.5 Å². The molecule has 0 spiro atoms. The number of aromatic nitrogens is 1. The van der Waals surface area contributed by atoms with E-state index in [1.54, 1.807) is 12.1 Å². The molecule has 0 unspecified atom stereocenters. The summed E-state index contributed by atoms with van der Waals surface area (Å²) in [5.41, 5.74) is 4.30. The number of amides is 3. The van der Waals surface area contributed by atoms with Crippen molar-refractivity contribution < 1.29 is 23.9 Å². The molecule has 4 aliphatic carbocycles. The number of fused-ring (bicyclic) bond motifs is 3. The monoisotopic (exact) mass is 713 g/mol. The maximum atomic E-state index is 13.6. The third-order valence-electron chi connectivity index (χ3n) is 12.6. The lowest BCUT2D eigenvalue weighted by molar-refractivity contribution is -0.154. The number of aromatic amines is 1. The van der Waals surface area contributed by atoms with Crippen LogP contribution in [0.4, 0.5) is 0 Å². The summed E-state index contributed by atoms with van der Waals surface area (Å²) < 4.78 is 5.15. The van der Waals surface area contributed by atoms with Crippen LogP contribution >= 0.6 is 11.6 Å². The van der Waals surface area contributed by atoms with Crippen LogP contribution in [0.25, 0.3) is 10.9 Å². The van der Waals surface area contributed by atoms with Crippen molar-refractivity contribution in [1.29, 1.82) is 0 Å². The molecule has 3 aromatic rings. The Morgan fingerprint density at radius 2 is 1.59 bits per heavy atom. The largest absolute Gasteiger partial charge is 0.467 e. The molecule has 1 aromatic heterocycles. The second-order valence-corrected chi connectivity index (χ2v) is 16.1. The number of rotatable bonds is 9. The summed E-state index contributed by atoms with van der Waals surface area (Å²) in [6, 6.07) is 13.8. The molecule has 4 bridgehead atoms. The number of carbonyl (C=O) groups is 4. The van der Waals surface area contributed by atoms with Crippen LogP contribution in [0, 0.1) is 23.2 Å². The van der Waals surface area contributed by atoms with Crippen LogP contribution in [-0.2, 0) is 25.5 Å². The van der Waals surface area contributed by atoms with E-state index in [0.29, 0.717) is 38.0 Å². The number of H-pyrrole nitrogens is 1. The minimum Gasteiger partial charge on any atom is -0.467 e. The molecule has 2 N–H and O–H groups in total. The van der Waals surface area contributed by atoms with Gasteiger partial charge in [-0.05, 0) is 91.0 Å². The molecule has 270 valence electrons. The Balaban J connectivity index is 0.891. The molecule has 0 radical (unpaired) electrons. The van der Waals surface area contributed by atoms with Crippen molar-refractivity contribution in [2.75, 3.05) is 52.3 Å². The highest BCUT2D eigenvalue weighted by molar-refractivity contribution is 6.27. The molecule has 5 fully saturated rings. The predicted octanol–water partition coefficient (Wildman–Crippen LogP) is 4.90. The van der Waals surface area contributed by atoms with Crippen molar-refractivity contribution in [2.24, 2.45) is 23.2 Å². The summed E-state index contributed by atoms with van der Waals surface area (Å²) >= 11 is 6.09. The summed E-state index contributed by atoms with van der Waals surface area (Å²) in [5, 5.41) is 4.21. The number of esters is 1. The minimum absolute atomic E-state index is 0.0406. The van der Waals surface area contributed by atoms with Crippen molar-refractivity contribution in [3.8, 4) is 0 Å². The molecule has 9 rings (SSSR count).